The van der Waals surface area contributed by atoms with Crippen LogP contribution >= 0.6 is 12.2 Å². The molecule has 1 amide bonds. The molecule has 2 aromatic carbocycles. The second-order valence-electron chi connectivity index (χ2n) is 6.60. The molecule has 0 saturated carbocycles. The highest BCUT2D eigenvalue weighted by Crippen LogP contribution is 2.23. The Morgan fingerprint density at radius 2 is 1.63 bits per heavy atom. The molecule has 0 aliphatic rings. The molecule has 10 heteroatoms. The maximum absolute atomic E-state index is 11.7. The molecule has 30 heavy (non-hydrogen) atoms. The van der Waals surface area contributed by atoms with E-state index < -0.39 is 10.1 Å². The monoisotopic (exact) mass is 450 g/mol. The van der Waals surface area contributed by atoms with Crippen molar-refractivity contribution in [3.8, 4) is 0 Å². The molecule has 0 aliphatic heterocycles. The molecule has 0 heterocycles. The first kappa shape index (κ1) is 25.2. The van der Waals surface area contributed by atoms with Crippen LogP contribution < -0.4 is 22.1 Å². The highest BCUT2D eigenvalue weighted by molar-refractivity contribution is 7.85. The van der Waals surface area contributed by atoms with Gasteiger partial charge in [-0.25, -0.2) is 8.42 Å². The van der Waals surface area contributed by atoms with Crippen molar-refractivity contribution in [1.82, 2.24) is 11.5 Å². The minimum Gasteiger partial charge on any atom is -0.744 e. The summed E-state index contributed by atoms with van der Waals surface area (Å²) in [4.78, 5) is 10.7. The van der Waals surface area contributed by atoms with Crippen molar-refractivity contribution in [3.05, 3.63) is 53.6 Å². The molecular weight excluding hydrogens is 424 g/mol. The molecule has 0 saturated heterocycles. The molecule has 0 aliphatic carbocycles. The number of carbonyl (C=O) groups is 1. The number of amides is 1. The Labute approximate surface area is 182 Å². The summed E-state index contributed by atoms with van der Waals surface area (Å²) in [5.74, 6) is -0.171. The second kappa shape index (κ2) is 10.8. The Morgan fingerprint density at radius 1 is 1.03 bits per heavy atom. The Hall–Kier alpha value is -2.79. The van der Waals surface area contributed by atoms with Crippen molar-refractivity contribution in [1.29, 1.82) is 0 Å². The van der Waals surface area contributed by atoms with Crippen LogP contribution in [0, 0.1) is 0 Å². The maximum atomic E-state index is 11.7. The van der Waals surface area contributed by atoms with Crippen molar-refractivity contribution in [2.75, 3.05) is 10.6 Å². The lowest BCUT2D eigenvalue weighted by atomic mass is 10.1. The van der Waals surface area contributed by atoms with Gasteiger partial charge in [0.25, 0.3) is 0 Å². The van der Waals surface area contributed by atoms with Crippen LogP contribution in [-0.4, -0.2) is 30.0 Å². The minimum atomic E-state index is -4.69. The first-order valence-electron chi connectivity index (χ1n) is 8.78. The standard InChI is InChI=1S/C20H23N3O4S2.H3N/c1-13(2)21-20(28)23-18-11-8-16(19(12-18)29(25,26)27)7-4-15-5-9-17(10-6-15)22-14(3)24;/h4-13H,1-3H3,(H,22,24)(H2,21,23,28)(H,25,26,27);1H3/b7-4+;. The van der Waals surface area contributed by atoms with Gasteiger partial charge < -0.3 is 26.7 Å². The van der Waals surface area contributed by atoms with Gasteiger partial charge in [-0.1, -0.05) is 30.4 Å². The van der Waals surface area contributed by atoms with Gasteiger partial charge in [-0.15, -0.1) is 0 Å². The molecule has 0 fully saturated rings. The van der Waals surface area contributed by atoms with E-state index in [0.717, 1.165) is 5.56 Å². The number of nitrogens with one attached hydrogen (secondary N) is 3. The smallest absolute Gasteiger partial charge is 0.221 e. The van der Waals surface area contributed by atoms with Gasteiger partial charge in [0.15, 0.2) is 5.11 Å². The Balaban J connectivity index is 0.00000450. The number of thiocarbonyl (C=S) groups is 1. The van der Waals surface area contributed by atoms with E-state index in [1.807, 2.05) is 13.8 Å². The number of quaternary nitrogens is 1. The van der Waals surface area contributed by atoms with Gasteiger partial charge >= 0.3 is 0 Å². The summed E-state index contributed by atoms with van der Waals surface area (Å²) in [6, 6.07) is 11.5. The van der Waals surface area contributed by atoms with Crippen LogP contribution in [0.3, 0.4) is 0 Å². The number of benzene rings is 2. The van der Waals surface area contributed by atoms with Crippen LogP contribution in [0.15, 0.2) is 47.4 Å². The number of carbonyl (C=O) groups excluding carboxylic acids is 1. The van der Waals surface area contributed by atoms with Gasteiger partial charge in [0.1, 0.15) is 10.1 Å². The fourth-order valence-electron chi connectivity index (χ4n) is 2.46. The molecule has 2 aromatic rings. The van der Waals surface area contributed by atoms with Gasteiger partial charge in [-0.05, 0) is 61.5 Å². The number of hydrogen-bond donors (Lipinski definition) is 4. The van der Waals surface area contributed by atoms with Gasteiger partial charge in [-0.3, -0.25) is 4.79 Å². The van der Waals surface area contributed by atoms with Crippen molar-refractivity contribution < 1.29 is 17.8 Å². The lowest BCUT2D eigenvalue weighted by Crippen LogP contribution is -2.33. The third-order valence-corrected chi connectivity index (χ3v) is 4.76. The lowest BCUT2D eigenvalue weighted by molar-refractivity contribution is -0.114. The normalized spacial score (nSPS) is 11.1. The quantitative estimate of drug-likeness (QED) is 0.297. The van der Waals surface area contributed by atoms with Gasteiger partial charge in [0.2, 0.25) is 5.91 Å². The summed E-state index contributed by atoms with van der Waals surface area (Å²) in [6.07, 6.45) is 3.23. The number of hydrogen-bond acceptors (Lipinski definition) is 5. The van der Waals surface area contributed by atoms with Gasteiger partial charge in [-0.2, -0.15) is 0 Å². The average Bonchev–Trinajstić information content (AvgIpc) is 2.59. The molecule has 162 valence electrons. The van der Waals surface area contributed by atoms with E-state index in [1.54, 1.807) is 42.5 Å². The van der Waals surface area contributed by atoms with Crippen LogP contribution in [0.25, 0.3) is 12.2 Å². The number of rotatable bonds is 6. The van der Waals surface area contributed by atoms with Crippen LogP contribution in [0.2, 0.25) is 0 Å². The molecule has 0 aromatic heterocycles. The zero-order valence-electron chi connectivity index (χ0n) is 17.2. The van der Waals surface area contributed by atoms with E-state index in [0.29, 0.717) is 16.5 Å². The van der Waals surface area contributed by atoms with Crippen LogP contribution in [-0.2, 0) is 14.9 Å². The SMILES string of the molecule is CC(=O)Nc1ccc(/C=C/c2ccc(NC(=S)NC(C)C)cc2S(=O)(=O)[O-])cc1.[NH4+]. The van der Waals surface area contributed by atoms with Crippen LogP contribution in [0.5, 0.6) is 0 Å². The summed E-state index contributed by atoms with van der Waals surface area (Å²) in [7, 11) is -4.69. The largest absolute Gasteiger partial charge is 0.744 e. The van der Waals surface area contributed by atoms with Gasteiger partial charge in [0, 0.05) is 24.3 Å². The zero-order valence-corrected chi connectivity index (χ0v) is 18.9. The molecule has 0 atom stereocenters. The summed E-state index contributed by atoms with van der Waals surface area (Å²) in [5, 5.41) is 8.84. The molecular formula is C20H26N4O4S2. The molecule has 0 bridgehead atoms. The summed E-state index contributed by atoms with van der Waals surface area (Å²) >= 11 is 5.14. The van der Waals surface area contributed by atoms with Gasteiger partial charge in [0.05, 0.1) is 4.90 Å². The molecule has 8 nitrogen and oxygen atoms in total. The van der Waals surface area contributed by atoms with Crippen LogP contribution in [0.1, 0.15) is 31.9 Å². The Kier molecular flexibility index (Phi) is 9.12. The second-order valence-corrected chi connectivity index (χ2v) is 8.35. The topological polar surface area (TPSA) is 147 Å². The van der Waals surface area contributed by atoms with E-state index in [1.165, 1.54) is 19.1 Å². The molecule has 7 N–H and O–H groups in total. The molecule has 2 rings (SSSR count). The summed E-state index contributed by atoms with van der Waals surface area (Å²) in [6.45, 7) is 5.25. The first-order valence-corrected chi connectivity index (χ1v) is 10.6. The highest BCUT2D eigenvalue weighted by Gasteiger charge is 2.10. The predicted molar refractivity (Wildman–Crippen MR) is 125 cm³/mol. The van der Waals surface area contributed by atoms with E-state index in [2.05, 4.69) is 16.0 Å². The maximum Gasteiger partial charge on any atom is 0.221 e. The third kappa shape index (κ3) is 7.91. The minimum absolute atomic E-state index is 0. The predicted octanol–water partition coefficient (Wildman–Crippen LogP) is 3.79. The molecule has 0 unspecified atom stereocenters. The van der Waals surface area contributed by atoms with Crippen molar-refractivity contribution in [2.45, 2.75) is 31.7 Å². The van der Waals surface area contributed by atoms with E-state index >= 15 is 0 Å². The first-order chi connectivity index (χ1) is 13.5. The third-order valence-electron chi connectivity index (χ3n) is 3.65. The Bertz CT molecular complexity index is 1030. The zero-order chi connectivity index (χ0) is 21.6. The summed E-state index contributed by atoms with van der Waals surface area (Å²) < 4.78 is 35.2. The van der Waals surface area contributed by atoms with E-state index in [-0.39, 0.29) is 28.6 Å². The summed E-state index contributed by atoms with van der Waals surface area (Å²) in [5.41, 5.74) is 2.09. The van der Waals surface area contributed by atoms with Crippen LogP contribution in [0.4, 0.5) is 11.4 Å². The van der Waals surface area contributed by atoms with Crippen molar-refractivity contribution >= 4 is 56.9 Å². The van der Waals surface area contributed by atoms with E-state index in [4.69, 9.17) is 12.2 Å². The van der Waals surface area contributed by atoms with Crippen molar-refractivity contribution in [3.63, 3.8) is 0 Å². The van der Waals surface area contributed by atoms with Crippen molar-refractivity contribution in [2.24, 2.45) is 0 Å². The number of anilines is 2. The molecule has 0 radical (unpaired) electrons. The fraction of sp³-hybridized carbons (Fsp3) is 0.200. The Morgan fingerprint density at radius 3 is 2.17 bits per heavy atom. The lowest BCUT2D eigenvalue weighted by Gasteiger charge is -2.16. The highest BCUT2D eigenvalue weighted by atomic mass is 32.2. The fourth-order valence-corrected chi connectivity index (χ4v) is 3.51. The average molecular weight is 451 g/mol. The van der Waals surface area contributed by atoms with E-state index in [9.17, 15) is 17.8 Å². The molecule has 0 spiro atoms.